The summed E-state index contributed by atoms with van der Waals surface area (Å²) < 4.78 is 23.4. The molecule has 0 radical (unpaired) electrons. The van der Waals surface area contributed by atoms with Crippen molar-refractivity contribution in [1.82, 2.24) is 9.55 Å². The molecule has 0 saturated carbocycles. The molecule has 1 aliphatic heterocycles. The maximum absolute atomic E-state index is 15.0. The maximum Gasteiger partial charge on any atom is 0.170 e. The van der Waals surface area contributed by atoms with Crippen LogP contribution in [0.3, 0.4) is 0 Å². The molecule has 2 heterocycles. The number of halogens is 2. The van der Waals surface area contributed by atoms with Gasteiger partial charge in [0.15, 0.2) is 17.5 Å². The number of hydrogen-bond acceptors (Lipinski definition) is 5. The van der Waals surface area contributed by atoms with Crippen LogP contribution < -0.4 is 10.0 Å². The fourth-order valence-corrected chi connectivity index (χ4v) is 5.05. The molecule has 8 heteroatoms. The van der Waals surface area contributed by atoms with Gasteiger partial charge in [0, 0.05) is 10.7 Å². The average Bonchev–Trinajstić information content (AvgIpc) is 3.28. The first-order valence-electron chi connectivity index (χ1n) is 11.0. The molecule has 5 aromatic rings. The van der Waals surface area contributed by atoms with Crippen LogP contribution in [-0.2, 0) is 6.54 Å². The van der Waals surface area contributed by atoms with Crippen molar-refractivity contribution in [2.24, 2.45) is 10.1 Å². The van der Waals surface area contributed by atoms with E-state index < -0.39 is 0 Å². The summed E-state index contributed by atoms with van der Waals surface area (Å²) in [5.74, 6) is 1.07. The van der Waals surface area contributed by atoms with Crippen LogP contribution in [0.5, 0.6) is 0 Å². The zero-order valence-corrected chi connectivity index (χ0v) is 20.0. The summed E-state index contributed by atoms with van der Waals surface area (Å²) in [5, 5.41) is 2.84. The van der Waals surface area contributed by atoms with Crippen LogP contribution in [0.4, 0.5) is 10.2 Å². The summed E-state index contributed by atoms with van der Waals surface area (Å²) >= 11 is 7.29. The zero-order valence-electron chi connectivity index (χ0n) is 18.4. The van der Waals surface area contributed by atoms with Gasteiger partial charge in [-0.25, -0.2) is 9.37 Å². The maximum atomic E-state index is 15.0. The Morgan fingerprint density at radius 2 is 1.63 bits per heavy atom. The molecule has 0 spiro atoms. The van der Waals surface area contributed by atoms with E-state index in [1.165, 1.54) is 18.2 Å². The van der Waals surface area contributed by atoms with Crippen LogP contribution in [0.25, 0.3) is 27.8 Å². The number of nitrogens with zero attached hydrogens (tertiary/aromatic N) is 4. The molecule has 6 rings (SSSR count). The Balaban J connectivity index is 1.57. The molecule has 4 aromatic carbocycles. The number of fused-ring (bicyclic) bond motifs is 2. The summed E-state index contributed by atoms with van der Waals surface area (Å²) in [6, 6.07) is 28.4. The third-order valence-electron chi connectivity index (χ3n) is 5.92. The summed E-state index contributed by atoms with van der Waals surface area (Å²) in [5.41, 5.74) is 9.32. The molecule has 2 N–H and O–H groups in total. The Hall–Kier alpha value is -3.81. The van der Waals surface area contributed by atoms with Gasteiger partial charge in [0.05, 0.1) is 24.2 Å². The molecule has 35 heavy (non-hydrogen) atoms. The standard InChI is InChI=1S/C27H19ClFN5S/c28-20-12-9-17(10-13-20)16-33-27-24(25(30)32-35-33)34(26(31-27)22-7-3-4-8-23(22)29)21-14-11-18-5-1-2-6-19(18)15-21/h1-15H,16H2,(H2,30,32). The number of hydrogen-bond donors (Lipinski definition) is 1. The predicted molar refractivity (Wildman–Crippen MR) is 142 cm³/mol. The number of benzene rings is 4. The number of rotatable bonds is 4. The predicted octanol–water partition coefficient (Wildman–Crippen LogP) is 6.77. The van der Waals surface area contributed by atoms with Crippen LogP contribution in [-0.4, -0.2) is 15.4 Å². The van der Waals surface area contributed by atoms with E-state index >= 15 is 4.39 Å². The van der Waals surface area contributed by atoms with Crippen LogP contribution in [0, 0.1) is 5.82 Å². The SMILES string of the molecule is NC1=NSN(Cc2ccc(Cl)cc2)c2nc(-c3ccccc3F)n(-c3ccc4ccccc4c3)c21. The van der Waals surface area contributed by atoms with Gasteiger partial charge < -0.3 is 5.73 Å². The minimum atomic E-state index is -0.357. The monoisotopic (exact) mass is 499 g/mol. The van der Waals surface area contributed by atoms with E-state index in [0.29, 0.717) is 40.3 Å². The molecular weight excluding hydrogens is 481 g/mol. The van der Waals surface area contributed by atoms with Crippen LogP contribution in [0.2, 0.25) is 5.02 Å². The molecular formula is C27H19ClFN5S. The van der Waals surface area contributed by atoms with E-state index in [1.54, 1.807) is 18.2 Å². The fourth-order valence-electron chi connectivity index (χ4n) is 4.24. The number of aromatic nitrogens is 2. The van der Waals surface area contributed by atoms with Crippen LogP contribution >= 0.6 is 23.7 Å². The summed E-state index contributed by atoms with van der Waals surface area (Å²) in [7, 11) is 0. The second kappa shape index (κ2) is 8.76. The zero-order chi connectivity index (χ0) is 23.9. The first kappa shape index (κ1) is 21.7. The van der Waals surface area contributed by atoms with Gasteiger partial charge in [0.2, 0.25) is 0 Å². The highest BCUT2D eigenvalue weighted by Gasteiger charge is 2.30. The molecule has 0 saturated heterocycles. The van der Waals surface area contributed by atoms with Gasteiger partial charge in [-0.3, -0.25) is 8.87 Å². The molecule has 0 unspecified atom stereocenters. The molecule has 0 bridgehead atoms. The Bertz CT molecular complexity index is 1600. The molecule has 1 aromatic heterocycles. The van der Waals surface area contributed by atoms with Gasteiger partial charge in [-0.1, -0.05) is 66.2 Å². The first-order chi connectivity index (χ1) is 17.1. The van der Waals surface area contributed by atoms with E-state index in [-0.39, 0.29) is 5.82 Å². The largest absolute Gasteiger partial charge is 0.381 e. The lowest BCUT2D eigenvalue weighted by atomic mass is 10.1. The molecule has 5 nitrogen and oxygen atoms in total. The Morgan fingerprint density at radius 1 is 0.886 bits per heavy atom. The first-order valence-corrected chi connectivity index (χ1v) is 12.1. The number of imidazole rings is 1. The van der Waals surface area contributed by atoms with Gasteiger partial charge in [-0.15, -0.1) is 0 Å². The minimum Gasteiger partial charge on any atom is -0.381 e. The summed E-state index contributed by atoms with van der Waals surface area (Å²) in [6.07, 6.45) is 0. The molecule has 0 atom stereocenters. The van der Waals surface area contributed by atoms with E-state index in [9.17, 15) is 0 Å². The van der Waals surface area contributed by atoms with E-state index in [4.69, 9.17) is 22.3 Å². The van der Waals surface area contributed by atoms with Gasteiger partial charge in [0.25, 0.3) is 0 Å². The number of nitrogens with two attached hydrogens (primary N) is 1. The second-order valence-corrected chi connectivity index (χ2v) is 9.40. The van der Waals surface area contributed by atoms with Crippen molar-refractivity contribution in [3.8, 4) is 17.1 Å². The molecule has 1 aliphatic rings. The fraction of sp³-hybridized carbons (Fsp3) is 0.0370. The van der Waals surface area contributed by atoms with Gasteiger partial charge >= 0.3 is 0 Å². The van der Waals surface area contributed by atoms with Crippen molar-refractivity contribution in [2.45, 2.75) is 6.54 Å². The normalized spacial score (nSPS) is 13.1. The smallest absolute Gasteiger partial charge is 0.170 e. The number of amidine groups is 1. The van der Waals surface area contributed by atoms with Crippen molar-refractivity contribution in [3.63, 3.8) is 0 Å². The third kappa shape index (κ3) is 3.92. The van der Waals surface area contributed by atoms with E-state index in [0.717, 1.165) is 22.0 Å². The Kier molecular flexibility index (Phi) is 5.43. The topological polar surface area (TPSA) is 59.4 Å². The average molecular weight is 500 g/mol. The van der Waals surface area contributed by atoms with Gasteiger partial charge in [-0.05, 0) is 52.7 Å². The van der Waals surface area contributed by atoms with Crippen molar-refractivity contribution in [3.05, 3.63) is 113 Å². The van der Waals surface area contributed by atoms with Crippen LogP contribution in [0.1, 0.15) is 11.3 Å². The summed E-state index contributed by atoms with van der Waals surface area (Å²) in [4.78, 5) is 4.92. The van der Waals surface area contributed by atoms with Crippen molar-refractivity contribution >= 4 is 46.2 Å². The van der Waals surface area contributed by atoms with Crippen molar-refractivity contribution < 1.29 is 4.39 Å². The Labute approximate surface area is 211 Å². The minimum absolute atomic E-state index is 0.334. The lowest BCUT2D eigenvalue weighted by Gasteiger charge is -2.24. The van der Waals surface area contributed by atoms with E-state index in [2.05, 4.69) is 16.5 Å². The number of anilines is 1. The second-order valence-electron chi connectivity index (χ2n) is 8.18. The molecule has 172 valence electrons. The highest BCUT2D eigenvalue weighted by Crippen LogP contribution is 2.39. The molecule has 0 fully saturated rings. The van der Waals surface area contributed by atoms with Crippen molar-refractivity contribution in [2.75, 3.05) is 4.31 Å². The van der Waals surface area contributed by atoms with Crippen LogP contribution in [0.15, 0.2) is 95.4 Å². The summed E-state index contributed by atoms with van der Waals surface area (Å²) in [6.45, 7) is 0.525. The molecule has 0 amide bonds. The van der Waals surface area contributed by atoms with E-state index in [1.807, 2.05) is 63.5 Å². The lowest BCUT2D eigenvalue weighted by Crippen LogP contribution is -2.26. The highest BCUT2D eigenvalue weighted by atomic mass is 35.5. The highest BCUT2D eigenvalue weighted by molar-refractivity contribution is 7.99. The Morgan fingerprint density at radius 3 is 2.43 bits per heavy atom. The molecule has 0 aliphatic carbocycles. The van der Waals surface area contributed by atoms with Gasteiger partial charge in [0.1, 0.15) is 11.5 Å². The van der Waals surface area contributed by atoms with Gasteiger partial charge in [-0.2, -0.15) is 4.40 Å². The van der Waals surface area contributed by atoms with Crippen molar-refractivity contribution in [1.29, 1.82) is 0 Å². The lowest BCUT2D eigenvalue weighted by molar-refractivity contribution is 0.629. The quantitative estimate of drug-likeness (QED) is 0.277. The third-order valence-corrected chi connectivity index (χ3v) is 6.95.